The van der Waals surface area contributed by atoms with E-state index in [9.17, 15) is 0 Å². The average molecular weight is 745 g/mol. The number of aromatic nitrogens is 1. The largest absolute Gasteiger partial charge is 0.485 e. The minimum absolute atomic E-state index is 0.0330. The zero-order valence-electron chi connectivity index (χ0n) is 31.5. The van der Waals surface area contributed by atoms with Crippen molar-refractivity contribution < 1.29 is 9.15 Å². The molecule has 0 spiro atoms. The summed E-state index contributed by atoms with van der Waals surface area (Å²) in [5.74, 6) is 0.981. The van der Waals surface area contributed by atoms with Crippen molar-refractivity contribution in [3.63, 3.8) is 0 Å². The topological polar surface area (TPSA) is 30.5 Å². The summed E-state index contributed by atoms with van der Waals surface area (Å²) in [6, 6.07) is 71.2. The Morgan fingerprint density at radius 1 is 0.500 bits per heavy atom. The molecule has 1 aliphatic heterocycles. The van der Waals surface area contributed by atoms with Crippen LogP contribution in [-0.2, 0) is 0 Å². The van der Waals surface area contributed by atoms with Gasteiger partial charge in [0, 0.05) is 60.8 Å². The Morgan fingerprint density at radius 2 is 1.12 bits per heavy atom. The molecule has 1 aliphatic carbocycles. The lowest BCUT2D eigenvalue weighted by Gasteiger charge is -2.26. The highest BCUT2D eigenvalue weighted by Crippen LogP contribution is 2.47. The number of nitrogens with zero attached hydrogens (tertiary/aromatic N) is 2. The van der Waals surface area contributed by atoms with E-state index in [1.807, 2.05) is 6.07 Å². The van der Waals surface area contributed by atoms with E-state index in [4.69, 9.17) is 9.15 Å². The summed E-state index contributed by atoms with van der Waals surface area (Å²) in [7, 11) is 0. The quantitative estimate of drug-likeness (QED) is 0.170. The summed E-state index contributed by atoms with van der Waals surface area (Å²) < 4.78 is 16.1. The molecule has 10 aromatic rings. The van der Waals surface area contributed by atoms with Crippen LogP contribution >= 0.6 is 0 Å². The predicted molar refractivity (Wildman–Crippen MR) is 237 cm³/mol. The van der Waals surface area contributed by atoms with E-state index in [-0.39, 0.29) is 12.0 Å². The van der Waals surface area contributed by atoms with Crippen molar-refractivity contribution in [3.05, 3.63) is 222 Å². The smallest absolute Gasteiger partial charge is 0.143 e. The second-order valence-corrected chi connectivity index (χ2v) is 15.1. The molecule has 0 saturated heterocycles. The molecule has 3 heterocycles. The van der Waals surface area contributed by atoms with Crippen LogP contribution in [-0.4, -0.2) is 10.7 Å². The molecule has 0 N–H and O–H groups in total. The van der Waals surface area contributed by atoms with Crippen LogP contribution in [0.5, 0.6) is 5.75 Å². The number of para-hydroxylation sites is 6. The minimum Gasteiger partial charge on any atom is -0.485 e. The third-order valence-electron chi connectivity index (χ3n) is 11.9. The molecule has 4 heteroatoms. The summed E-state index contributed by atoms with van der Waals surface area (Å²) in [6.07, 6.45) is 2.19. The lowest BCUT2D eigenvalue weighted by Crippen LogP contribution is -2.40. The van der Waals surface area contributed by atoms with E-state index in [1.54, 1.807) is 0 Å². The minimum atomic E-state index is -0.182. The lowest BCUT2D eigenvalue weighted by atomic mass is 9.80. The van der Waals surface area contributed by atoms with Gasteiger partial charge in [-0.05, 0) is 71.8 Å². The summed E-state index contributed by atoms with van der Waals surface area (Å²) in [4.78, 5) is 2.33. The number of hydrogen-bond donors (Lipinski definition) is 0. The van der Waals surface area contributed by atoms with Gasteiger partial charge in [-0.2, -0.15) is 0 Å². The van der Waals surface area contributed by atoms with Crippen molar-refractivity contribution in [2.75, 3.05) is 4.90 Å². The Hall–Kier alpha value is -7.56. The van der Waals surface area contributed by atoms with Gasteiger partial charge in [-0.3, -0.25) is 0 Å². The molecule has 0 fully saturated rings. The van der Waals surface area contributed by atoms with E-state index in [2.05, 4.69) is 210 Å². The van der Waals surface area contributed by atoms with E-state index in [0.29, 0.717) is 0 Å². The van der Waals surface area contributed by atoms with Crippen LogP contribution in [0.3, 0.4) is 0 Å². The molecule has 2 aliphatic rings. The first-order valence-electron chi connectivity index (χ1n) is 19.9. The zero-order valence-corrected chi connectivity index (χ0v) is 31.5. The number of hydrogen-bond acceptors (Lipinski definition) is 3. The standard InChI is InChI=1S/C54H36N2O2/c1-4-17-35(18-5-1)50-51-45-30-15-27-41(43-29-16-28-42-40-25-10-12-31-47(40)58-54(42)43)53(45)56(46(51)34-49-52(50)44-26-11-13-32-48(44)57-49)39-24-14-23-38(33-39)55(36-19-6-2-7-20-36)37-21-8-3-9-22-37/h1-34,49,52H. The molecule has 4 nitrogen and oxygen atoms in total. The van der Waals surface area contributed by atoms with Crippen molar-refractivity contribution >= 4 is 61.6 Å². The number of fused-ring (bicyclic) bond motifs is 9. The highest BCUT2D eigenvalue weighted by atomic mass is 16.5. The SMILES string of the molecule is C1=c2c(c3cccc(-c4cccc5c4oc4ccccc45)c3n2-c2cccc(N(c3ccccc3)c3ccccc3)c2)=C(c2ccccc2)C2c3ccccc3OC12. The normalized spacial score (nSPS) is 15.5. The van der Waals surface area contributed by atoms with Gasteiger partial charge in [0.05, 0.1) is 16.8 Å². The van der Waals surface area contributed by atoms with Crippen molar-refractivity contribution in [2.24, 2.45) is 0 Å². The molecule has 2 atom stereocenters. The van der Waals surface area contributed by atoms with Crippen LogP contribution in [0.4, 0.5) is 17.1 Å². The molecule has 0 amide bonds. The first-order chi connectivity index (χ1) is 28.8. The molecular weight excluding hydrogens is 709 g/mol. The Labute approximate surface area is 335 Å². The van der Waals surface area contributed by atoms with Gasteiger partial charge < -0.3 is 18.6 Å². The van der Waals surface area contributed by atoms with Crippen LogP contribution in [0.1, 0.15) is 17.0 Å². The highest BCUT2D eigenvalue weighted by Gasteiger charge is 2.40. The van der Waals surface area contributed by atoms with Gasteiger partial charge >= 0.3 is 0 Å². The summed E-state index contributed by atoms with van der Waals surface area (Å²) >= 11 is 0. The summed E-state index contributed by atoms with van der Waals surface area (Å²) in [5, 5.41) is 5.77. The van der Waals surface area contributed by atoms with Crippen LogP contribution in [0.2, 0.25) is 0 Å². The fraction of sp³-hybridized carbons (Fsp3) is 0.0370. The fourth-order valence-electron chi connectivity index (χ4n) is 9.55. The van der Waals surface area contributed by atoms with Gasteiger partial charge in [-0.25, -0.2) is 0 Å². The fourth-order valence-corrected chi connectivity index (χ4v) is 9.55. The van der Waals surface area contributed by atoms with Gasteiger partial charge in [0.25, 0.3) is 0 Å². The Bertz CT molecular complexity index is 3290. The van der Waals surface area contributed by atoms with Gasteiger partial charge in [-0.1, -0.05) is 146 Å². The van der Waals surface area contributed by atoms with Crippen molar-refractivity contribution in [2.45, 2.75) is 12.0 Å². The lowest BCUT2D eigenvalue weighted by molar-refractivity contribution is 0.286. The highest BCUT2D eigenvalue weighted by molar-refractivity contribution is 6.12. The number of furan rings is 1. The van der Waals surface area contributed by atoms with E-state index in [0.717, 1.165) is 72.4 Å². The average Bonchev–Trinajstić information content (AvgIpc) is 3.96. The van der Waals surface area contributed by atoms with Crippen LogP contribution in [0.15, 0.2) is 205 Å². The van der Waals surface area contributed by atoms with Crippen molar-refractivity contribution in [3.8, 4) is 22.6 Å². The molecular formula is C54H36N2O2. The number of rotatable bonds is 6. The number of ether oxygens (including phenoxy) is 1. The first kappa shape index (κ1) is 32.7. The maximum atomic E-state index is 6.88. The Kier molecular flexibility index (Phi) is 7.32. The van der Waals surface area contributed by atoms with E-state index < -0.39 is 0 Å². The van der Waals surface area contributed by atoms with Crippen molar-refractivity contribution in [1.29, 1.82) is 0 Å². The van der Waals surface area contributed by atoms with Crippen LogP contribution in [0, 0.1) is 0 Å². The molecule has 8 aromatic carbocycles. The van der Waals surface area contributed by atoms with Gasteiger partial charge in [0.2, 0.25) is 0 Å². The molecule has 0 bridgehead atoms. The molecule has 0 radical (unpaired) electrons. The van der Waals surface area contributed by atoms with Gasteiger partial charge in [0.1, 0.15) is 23.0 Å². The molecule has 274 valence electrons. The molecule has 58 heavy (non-hydrogen) atoms. The van der Waals surface area contributed by atoms with Gasteiger partial charge in [-0.15, -0.1) is 0 Å². The third kappa shape index (κ3) is 4.95. The first-order valence-corrected chi connectivity index (χ1v) is 19.9. The number of anilines is 3. The third-order valence-corrected chi connectivity index (χ3v) is 11.9. The predicted octanol–water partition coefficient (Wildman–Crippen LogP) is 12.2. The molecule has 0 saturated carbocycles. The van der Waals surface area contributed by atoms with E-state index >= 15 is 0 Å². The monoisotopic (exact) mass is 744 g/mol. The zero-order chi connectivity index (χ0) is 38.2. The Balaban J connectivity index is 1.22. The maximum absolute atomic E-state index is 6.88. The number of benzene rings is 8. The van der Waals surface area contributed by atoms with Crippen LogP contribution < -0.4 is 20.2 Å². The van der Waals surface area contributed by atoms with E-state index in [1.165, 1.54) is 27.3 Å². The second kappa shape index (κ2) is 13.0. The van der Waals surface area contributed by atoms with Crippen molar-refractivity contribution in [1.82, 2.24) is 4.57 Å². The summed E-state index contributed by atoms with van der Waals surface area (Å²) in [5.41, 5.74) is 13.1. The molecule has 2 aromatic heterocycles. The maximum Gasteiger partial charge on any atom is 0.143 e. The van der Waals surface area contributed by atoms with Gasteiger partial charge in [0.15, 0.2) is 0 Å². The molecule has 2 unspecified atom stereocenters. The Morgan fingerprint density at radius 3 is 1.91 bits per heavy atom. The van der Waals surface area contributed by atoms with Crippen LogP contribution in [0.25, 0.3) is 61.3 Å². The second-order valence-electron chi connectivity index (χ2n) is 15.1. The summed E-state index contributed by atoms with van der Waals surface area (Å²) in [6.45, 7) is 0. The molecule has 12 rings (SSSR count).